The van der Waals surface area contributed by atoms with E-state index in [2.05, 4.69) is 12.2 Å². The second-order valence-corrected chi connectivity index (χ2v) is 5.99. The minimum Gasteiger partial charge on any atom is -0.314 e. The first-order valence-corrected chi connectivity index (χ1v) is 7.20. The Bertz CT molecular complexity index is 242. The van der Waals surface area contributed by atoms with E-state index in [9.17, 15) is 8.78 Å². The fourth-order valence-electron chi connectivity index (χ4n) is 3.71. The summed E-state index contributed by atoms with van der Waals surface area (Å²) in [5.41, 5.74) is 0. The third-order valence-corrected chi connectivity index (χ3v) is 4.44. The molecule has 2 fully saturated rings. The molecular formula is C14H25F2N. The average Bonchev–Trinajstić information content (AvgIpc) is 2.64. The topological polar surface area (TPSA) is 12.0 Å². The molecule has 0 heterocycles. The summed E-state index contributed by atoms with van der Waals surface area (Å²) in [6, 6.07) is 0.647. The molecule has 0 saturated heterocycles. The average molecular weight is 245 g/mol. The Balaban J connectivity index is 1.74. The van der Waals surface area contributed by atoms with Gasteiger partial charge in [-0.1, -0.05) is 13.3 Å². The largest absolute Gasteiger partial charge is 0.314 e. The monoisotopic (exact) mass is 245 g/mol. The van der Waals surface area contributed by atoms with E-state index in [0.29, 0.717) is 12.0 Å². The van der Waals surface area contributed by atoms with E-state index < -0.39 is 5.92 Å². The predicted octanol–water partition coefficient (Wildman–Crippen LogP) is 3.98. The normalized spacial score (nSPS) is 37.2. The lowest BCUT2D eigenvalue weighted by Gasteiger charge is -2.30. The molecule has 17 heavy (non-hydrogen) atoms. The summed E-state index contributed by atoms with van der Waals surface area (Å²) >= 11 is 0. The van der Waals surface area contributed by atoms with Crippen molar-refractivity contribution in [1.29, 1.82) is 0 Å². The van der Waals surface area contributed by atoms with Gasteiger partial charge in [-0.3, -0.25) is 0 Å². The van der Waals surface area contributed by atoms with Crippen LogP contribution >= 0.6 is 0 Å². The summed E-state index contributed by atoms with van der Waals surface area (Å²) in [7, 11) is 0. The van der Waals surface area contributed by atoms with Crippen molar-refractivity contribution >= 4 is 0 Å². The maximum atomic E-state index is 13.3. The van der Waals surface area contributed by atoms with E-state index in [1.807, 2.05) is 0 Å². The quantitative estimate of drug-likeness (QED) is 0.790. The maximum absolute atomic E-state index is 13.3. The van der Waals surface area contributed by atoms with Crippen LogP contribution in [0.1, 0.15) is 58.3 Å². The zero-order chi connectivity index (χ0) is 12.3. The van der Waals surface area contributed by atoms with Gasteiger partial charge >= 0.3 is 0 Å². The lowest BCUT2D eigenvalue weighted by molar-refractivity contribution is -0.0556. The van der Waals surface area contributed by atoms with Crippen LogP contribution in [0.4, 0.5) is 8.78 Å². The molecule has 0 radical (unpaired) electrons. The molecule has 1 nitrogen and oxygen atoms in total. The second-order valence-electron chi connectivity index (χ2n) is 5.99. The van der Waals surface area contributed by atoms with Crippen molar-refractivity contribution in [2.24, 2.45) is 11.8 Å². The van der Waals surface area contributed by atoms with Gasteiger partial charge in [-0.2, -0.15) is 0 Å². The Hall–Kier alpha value is -0.180. The van der Waals surface area contributed by atoms with Gasteiger partial charge in [-0.15, -0.1) is 0 Å². The van der Waals surface area contributed by atoms with Crippen molar-refractivity contribution in [3.8, 4) is 0 Å². The van der Waals surface area contributed by atoms with E-state index in [-0.39, 0.29) is 18.8 Å². The highest BCUT2D eigenvalue weighted by atomic mass is 19.3. The molecule has 0 aromatic heterocycles. The first-order valence-electron chi connectivity index (χ1n) is 7.20. The lowest BCUT2D eigenvalue weighted by Crippen LogP contribution is -2.28. The lowest BCUT2D eigenvalue weighted by atomic mass is 9.80. The van der Waals surface area contributed by atoms with E-state index in [1.165, 1.54) is 19.3 Å². The van der Waals surface area contributed by atoms with Crippen molar-refractivity contribution < 1.29 is 8.78 Å². The van der Waals surface area contributed by atoms with Crippen LogP contribution in [0.5, 0.6) is 0 Å². The minimum atomic E-state index is -2.37. The maximum Gasteiger partial charge on any atom is 0.248 e. The summed E-state index contributed by atoms with van der Waals surface area (Å²) in [5, 5.41) is 3.48. The number of nitrogens with one attached hydrogen (secondary N) is 1. The predicted molar refractivity (Wildman–Crippen MR) is 66.3 cm³/mol. The zero-order valence-electron chi connectivity index (χ0n) is 10.9. The van der Waals surface area contributed by atoms with Crippen molar-refractivity contribution in [1.82, 2.24) is 5.32 Å². The standard InChI is InChI=1S/C14H25F2N/c1-2-17-13-6-5-11(9-13)8-12-4-3-7-14(15,16)10-12/h11-13,17H,2-10H2,1H3. The summed E-state index contributed by atoms with van der Waals surface area (Å²) in [5.74, 6) is -1.40. The third kappa shape index (κ3) is 3.90. The first-order chi connectivity index (χ1) is 8.09. The van der Waals surface area contributed by atoms with Crippen LogP contribution in [0.2, 0.25) is 0 Å². The molecule has 2 aliphatic carbocycles. The molecule has 100 valence electrons. The highest BCUT2D eigenvalue weighted by Gasteiger charge is 2.37. The molecule has 3 unspecified atom stereocenters. The zero-order valence-corrected chi connectivity index (χ0v) is 10.9. The molecule has 1 N–H and O–H groups in total. The van der Waals surface area contributed by atoms with E-state index in [0.717, 1.165) is 25.8 Å². The smallest absolute Gasteiger partial charge is 0.248 e. The Morgan fingerprint density at radius 3 is 2.71 bits per heavy atom. The number of hydrogen-bond acceptors (Lipinski definition) is 1. The van der Waals surface area contributed by atoms with Gasteiger partial charge in [0.15, 0.2) is 0 Å². The van der Waals surface area contributed by atoms with Crippen molar-refractivity contribution in [2.45, 2.75) is 70.3 Å². The Morgan fingerprint density at radius 1 is 1.18 bits per heavy atom. The van der Waals surface area contributed by atoms with Crippen LogP contribution < -0.4 is 5.32 Å². The fourth-order valence-corrected chi connectivity index (χ4v) is 3.71. The Labute approximate surface area is 103 Å². The molecule has 0 spiro atoms. The molecular weight excluding hydrogens is 220 g/mol. The third-order valence-electron chi connectivity index (χ3n) is 4.44. The van der Waals surface area contributed by atoms with Gasteiger partial charge < -0.3 is 5.32 Å². The number of halogens is 2. The molecule has 2 rings (SSSR count). The summed E-state index contributed by atoms with van der Waals surface area (Å²) in [6.07, 6.45) is 6.73. The number of alkyl halides is 2. The van der Waals surface area contributed by atoms with Crippen LogP contribution in [0.15, 0.2) is 0 Å². The van der Waals surface area contributed by atoms with Crippen molar-refractivity contribution in [3.05, 3.63) is 0 Å². The molecule has 0 amide bonds. The molecule has 2 aliphatic rings. The molecule has 0 bridgehead atoms. The molecule has 0 aromatic rings. The van der Waals surface area contributed by atoms with Crippen LogP contribution in [0.25, 0.3) is 0 Å². The van der Waals surface area contributed by atoms with Crippen LogP contribution in [0.3, 0.4) is 0 Å². The number of rotatable bonds is 4. The molecule has 2 saturated carbocycles. The van der Waals surface area contributed by atoms with Gasteiger partial charge in [0.05, 0.1) is 0 Å². The van der Waals surface area contributed by atoms with Gasteiger partial charge in [0.2, 0.25) is 5.92 Å². The van der Waals surface area contributed by atoms with E-state index in [1.54, 1.807) is 0 Å². The summed E-state index contributed by atoms with van der Waals surface area (Å²) in [6.45, 7) is 3.16. The van der Waals surface area contributed by atoms with Crippen molar-refractivity contribution in [2.75, 3.05) is 6.54 Å². The molecule has 3 atom stereocenters. The summed E-state index contributed by atoms with van der Waals surface area (Å²) in [4.78, 5) is 0. The number of hydrogen-bond donors (Lipinski definition) is 1. The van der Waals surface area contributed by atoms with Crippen LogP contribution in [-0.2, 0) is 0 Å². The second kappa shape index (κ2) is 5.64. The van der Waals surface area contributed by atoms with Gasteiger partial charge in [0, 0.05) is 18.9 Å². The highest BCUT2D eigenvalue weighted by Crippen LogP contribution is 2.41. The van der Waals surface area contributed by atoms with Crippen LogP contribution in [-0.4, -0.2) is 18.5 Å². The fraction of sp³-hybridized carbons (Fsp3) is 1.00. The van der Waals surface area contributed by atoms with Crippen LogP contribution in [0, 0.1) is 11.8 Å². The SMILES string of the molecule is CCNC1CCC(CC2CCCC(F)(F)C2)C1. The highest BCUT2D eigenvalue weighted by molar-refractivity contribution is 4.85. The minimum absolute atomic E-state index is 0.119. The first kappa shape index (κ1) is 13.3. The molecule has 0 aromatic carbocycles. The van der Waals surface area contributed by atoms with Gasteiger partial charge in [0.25, 0.3) is 0 Å². The van der Waals surface area contributed by atoms with Gasteiger partial charge in [-0.25, -0.2) is 8.78 Å². The molecule has 3 heteroatoms. The summed E-state index contributed by atoms with van der Waals surface area (Å²) < 4.78 is 26.6. The Morgan fingerprint density at radius 2 is 2.00 bits per heavy atom. The Kier molecular flexibility index (Phi) is 4.40. The van der Waals surface area contributed by atoms with Crippen molar-refractivity contribution in [3.63, 3.8) is 0 Å². The van der Waals surface area contributed by atoms with E-state index in [4.69, 9.17) is 0 Å². The molecule has 0 aliphatic heterocycles. The van der Waals surface area contributed by atoms with Gasteiger partial charge in [0.1, 0.15) is 0 Å². The van der Waals surface area contributed by atoms with Gasteiger partial charge in [-0.05, 0) is 50.5 Å². The van der Waals surface area contributed by atoms with E-state index >= 15 is 0 Å².